The summed E-state index contributed by atoms with van der Waals surface area (Å²) in [6.45, 7) is 8.17. The summed E-state index contributed by atoms with van der Waals surface area (Å²) < 4.78 is 6.66. The smallest absolute Gasteiger partial charge is 0.341 e. The second kappa shape index (κ2) is 5.88. The fourth-order valence-electron chi connectivity index (χ4n) is 2.76. The van der Waals surface area contributed by atoms with Gasteiger partial charge in [0.15, 0.2) is 5.65 Å². The van der Waals surface area contributed by atoms with Crippen LogP contribution in [0.25, 0.3) is 22.3 Å². The van der Waals surface area contributed by atoms with Gasteiger partial charge >= 0.3 is 5.97 Å². The molecule has 0 radical (unpaired) electrons. The molecule has 3 rings (SSSR count). The number of aryl methyl sites for hydroxylation is 1. The lowest BCUT2D eigenvalue weighted by Crippen LogP contribution is -2.23. The fourth-order valence-corrected chi connectivity index (χ4v) is 2.76. The van der Waals surface area contributed by atoms with E-state index in [4.69, 9.17) is 15.6 Å². The van der Waals surface area contributed by atoms with Crippen molar-refractivity contribution in [1.82, 2.24) is 14.8 Å². The summed E-state index contributed by atoms with van der Waals surface area (Å²) in [4.78, 5) is 16.5. The largest absolute Gasteiger partial charge is 0.465 e. The molecule has 0 aliphatic carbocycles. The van der Waals surface area contributed by atoms with Gasteiger partial charge in [0.05, 0.1) is 23.7 Å². The van der Waals surface area contributed by atoms with Gasteiger partial charge in [0, 0.05) is 11.8 Å². The first-order valence-corrected chi connectivity index (χ1v) is 8.07. The monoisotopic (exact) mass is 338 g/mol. The Morgan fingerprint density at radius 1 is 1.20 bits per heavy atom. The first kappa shape index (κ1) is 17.0. The second-order valence-electron chi connectivity index (χ2n) is 7.07. The number of anilines is 1. The Labute approximate surface area is 146 Å². The summed E-state index contributed by atoms with van der Waals surface area (Å²) in [7, 11) is 1.32. The number of carbonyl (C=O) groups is 1. The third kappa shape index (κ3) is 2.84. The first-order chi connectivity index (χ1) is 11.7. The topological polar surface area (TPSA) is 83.0 Å². The molecule has 0 unspecified atom stereocenters. The molecule has 2 heterocycles. The van der Waals surface area contributed by atoms with Crippen LogP contribution in [0.3, 0.4) is 0 Å². The lowest BCUT2D eigenvalue weighted by molar-refractivity contribution is 0.0601. The van der Waals surface area contributed by atoms with E-state index >= 15 is 0 Å². The van der Waals surface area contributed by atoms with Gasteiger partial charge in [-0.1, -0.05) is 29.8 Å². The van der Waals surface area contributed by atoms with Crippen molar-refractivity contribution in [1.29, 1.82) is 0 Å². The van der Waals surface area contributed by atoms with E-state index in [1.54, 1.807) is 0 Å². The molecule has 0 fully saturated rings. The minimum Gasteiger partial charge on any atom is -0.465 e. The number of benzene rings is 1. The molecular formula is C19H22N4O2. The number of methoxy groups -OCH3 is 1. The van der Waals surface area contributed by atoms with Gasteiger partial charge in [-0.15, -0.1) is 0 Å². The highest BCUT2D eigenvalue weighted by Gasteiger charge is 2.26. The van der Waals surface area contributed by atoms with Crippen molar-refractivity contribution in [2.24, 2.45) is 0 Å². The van der Waals surface area contributed by atoms with Crippen LogP contribution in [0.5, 0.6) is 0 Å². The molecule has 6 heteroatoms. The number of hydrogen-bond donors (Lipinski definition) is 1. The molecule has 1 aromatic carbocycles. The molecule has 0 aliphatic heterocycles. The number of hydrogen-bond acceptors (Lipinski definition) is 5. The second-order valence-corrected chi connectivity index (χ2v) is 7.07. The molecule has 0 aliphatic rings. The molecule has 25 heavy (non-hydrogen) atoms. The Morgan fingerprint density at radius 3 is 2.40 bits per heavy atom. The summed E-state index contributed by atoms with van der Waals surface area (Å²) in [5, 5.41) is 5.44. The van der Waals surface area contributed by atoms with E-state index in [0.29, 0.717) is 22.4 Å². The van der Waals surface area contributed by atoms with Gasteiger partial charge in [-0.05, 0) is 27.7 Å². The minimum atomic E-state index is -0.509. The van der Waals surface area contributed by atoms with E-state index in [9.17, 15) is 4.79 Å². The average Bonchev–Trinajstić information content (AvgIpc) is 2.96. The molecule has 0 spiro atoms. The van der Waals surface area contributed by atoms with Crippen LogP contribution < -0.4 is 5.73 Å². The van der Waals surface area contributed by atoms with Crippen molar-refractivity contribution in [2.45, 2.75) is 33.2 Å². The van der Waals surface area contributed by atoms with Crippen LogP contribution in [0.4, 0.5) is 5.69 Å². The van der Waals surface area contributed by atoms with E-state index in [2.05, 4.69) is 4.98 Å². The predicted octanol–water partition coefficient (Wildman–Crippen LogP) is 3.53. The molecule has 0 bridgehead atoms. The van der Waals surface area contributed by atoms with E-state index in [-0.39, 0.29) is 11.1 Å². The number of nitrogens with zero attached hydrogens (tertiary/aromatic N) is 3. The Morgan fingerprint density at radius 2 is 1.84 bits per heavy atom. The van der Waals surface area contributed by atoms with Gasteiger partial charge in [-0.3, -0.25) is 0 Å². The molecule has 0 saturated carbocycles. The summed E-state index contributed by atoms with van der Waals surface area (Å²) in [5.41, 5.74) is 10.1. The van der Waals surface area contributed by atoms with Crippen molar-refractivity contribution in [3.05, 3.63) is 41.6 Å². The maximum absolute atomic E-state index is 12.0. The van der Waals surface area contributed by atoms with Crippen LogP contribution in [-0.4, -0.2) is 27.8 Å². The number of nitrogen functional groups attached to an aromatic ring is 1. The highest BCUT2D eigenvalue weighted by molar-refractivity contribution is 6.08. The normalized spacial score (nSPS) is 11.7. The SMILES string of the molecule is COC(=O)c1cnc2c(c(-c3ccc(C)cc3)nn2C(C)(C)C)c1N. The summed E-state index contributed by atoms with van der Waals surface area (Å²) in [5.74, 6) is -0.509. The minimum absolute atomic E-state index is 0.247. The van der Waals surface area contributed by atoms with Crippen molar-refractivity contribution in [3.8, 4) is 11.3 Å². The molecule has 0 amide bonds. The van der Waals surface area contributed by atoms with Gasteiger partial charge in [-0.25, -0.2) is 14.5 Å². The van der Waals surface area contributed by atoms with E-state index in [1.807, 2.05) is 56.6 Å². The summed E-state index contributed by atoms with van der Waals surface area (Å²) in [6.07, 6.45) is 1.45. The number of aromatic nitrogens is 3. The van der Waals surface area contributed by atoms with Crippen LogP contribution in [0, 0.1) is 6.92 Å². The lowest BCUT2D eigenvalue weighted by Gasteiger charge is -2.19. The number of rotatable bonds is 2. The first-order valence-electron chi connectivity index (χ1n) is 8.07. The Bertz CT molecular complexity index is 950. The van der Waals surface area contributed by atoms with Gasteiger partial charge in [0.1, 0.15) is 11.3 Å². The summed E-state index contributed by atoms with van der Waals surface area (Å²) in [6, 6.07) is 8.03. The maximum Gasteiger partial charge on any atom is 0.341 e. The van der Waals surface area contributed by atoms with E-state index in [1.165, 1.54) is 13.3 Å². The fraction of sp³-hybridized carbons (Fsp3) is 0.316. The Kier molecular flexibility index (Phi) is 3.99. The zero-order valence-electron chi connectivity index (χ0n) is 15.1. The zero-order valence-corrected chi connectivity index (χ0v) is 15.1. The summed E-state index contributed by atoms with van der Waals surface area (Å²) >= 11 is 0. The lowest BCUT2D eigenvalue weighted by atomic mass is 10.0. The van der Waals surface area contributed by atoms with Crippen molar-refractivity contribution in [3.63, 3.8) is 0 Å². The number of ether oxygens (including phenoxy) is 1. The number of pyridine rings is 1. The molecule has 130 valence electrons. The molecule has 2 N–H and O–H groups in total. The number of carbonyl (C=O) groups excluding carboxylic acids is 1. The number of esters is 1. The average molecular weight is 338 g/mol. The number of nitrogens with two attached hydrogens (primary N) is 1. The van der Waals surface area contributed by atoms with Crippen LogP contribution in [-0.2, 0) is 10.3 Å². The Hall–Kier alpha value is -2.89. The molecular weight excluding hydrogens is 316 g/mol. The molecule has 0 atom stereocenters. The third-order valence-corrected chi connectivity index (χ3v) is 4.10. The third-order valence-electron chi connectivity index (χ3n) is 4.10. The van der Waals surface area contributed by atoms with Gasteiger partial charge < -0.3 is 10.5 Å². The van der Waals surface area contributed by atoms with Crippen LogP contribution in [0.1, 0.15) is 36.7 Å². The van der Waals surface area contributed by atoms with E-state index < -0.39 is 5.97 Å². The van der Waals surface area contributed by atoms with Gasteiger partial charge in [0.2, 0.25) is 0 Å². The maximum atomic E-state index is 12.0. The van der Waals surface area contributed by atoms with Crippen molar-refractivity contribution in [2.75, 3.05) is 12.8 Å². The van der Waals surface area contributed by atoms with Gasteiger partial charge in [0.25, 0.3) is 0 Å². The highest BCUT2D eigenvalue weighted by Crippen LogP contribution is 2.35. The van der Waals surface area contributed by atoms with Crippen molar-refractivity contribution < 1.29 is 9.53 Å². The van der Waals surface area contributed by atoms with Gasteiger partial charge in [-0.2, -0.15) is 5.10 Å². The predicted molar refractivity (Wildman–Crippen MR) is 98.4 cm³/mol. The van der Waals surface area contributed by atoms with Crippen LogP contribution in [0.15, 0.2) is 30.5 Å². The molecule has 2 aromatic heterocycles. The molecule has 0 saturated heterocycles. The quantitative estimate of drug-likeness (QED) is 0.723. The van der Waals surface area contributed by atoms with Crippen molar-refractivity contribution >= 4 is 22.7 Å². The highest BCUT2D eigenvalue weighted by atomic mass is 16.5. The zero-order chi connectivity index (χ0) is 18.4. The standard InChI is InChI=1S/C19H22N4O2/c1-11-6-8-12(9-7-11)16-14-15(20)13(18(24)25-5)10-21-17(14)23(22-16)19(2,3)4/h6-10H,1-5H3,(H2,20,21). The van der Waals surface area contributed by atoms with Crippen LogP contribution in [0.2, 0.25) is 0 Å². The number of fused-ring (bicyclic) bond motifs is 1. The molecule has 3 aromatic rings. The molecule has 6 nitrogen and oxygen atoms in total. The Balaban J connectivity index is 2.38. The van der Waals surface area contributed by atoms with E-state index in [0.717, 1.165) is 11.1 Å². The van der Waals surface area contributed by atoms with Crippen LogP contribution >= 0.6 is 0 Å².